The molecule has 1 heterocycles. The number of aryl methyl sites for hydroxylation is 1. The number of halogens is 2. The van der Waals surface area contributed by atoms with E-state index in [0.29, 0.717) is 12.1 Å². The molecule has 110 valence electrons. The highest BCUT2D eigenvalue weighted by Gasteiger charge is 2.32. The number of alkyl halides is 2. The minimum Gasteiger partial charge on any atom is -0.385 e. The zero-order chi connectivity index (χ0) is 14.8. The van der Waals surface area contributed by atoms with Crippen LogP contribution in [0.15, 0.2) is 12.1 Å². The summed E-state index contributed by atoms with van der Waals surface area (Å²) in [5.74, 6) is 0. The third-order valence-electron chi connectivity index (χ3n) is 3.98. The summed E-state index contributed by atoms with van der Waals surface area (Å²) >= 11 is 0. The Morgan fingerprint density at radius 3 is 2.85 bits per heavy atom. The first-order valence-electron chi connectivity index (χ1n) is 6.92. The summed E-state index contributed by atoms with van der Waals surface area (Å²) in [5.41, 5.74) is 2.01. The van der Waals surface area contributed by atoms with Crippen molar-refractivity contribution in [1.82, 2.24) is 5.32 Å². The Kier molecular flexibility index (Phi) is 4.38. The quantitative estimate of drug-likeness (QED) is 0.713. The molecule has 0 spiro atoms. The summed E-state index contributed by atoms with van der Waals surface area (Å²) in [6, 6.07) is 3.48. The van der Waals surface area contributed by atoms with E-state index in [2.05, 4.69) is 10.6 Å². The number of nitrogens with one attached hydrogen (secondary N) is 2. The monoisotopic (exact) mass is 282 g/mol. The van der Waals surface area contributed by atoms with Crippen molar-refractivity contribution in [3.05, 3.63) is 28.8 Å². The summed E-state index contributed by atoms with van der Waals surface area (Å²) in [5, 5.41) is 12.0. The number of rotatable bonds is 5. The molecule has 0 saturated heterocycles. The van der Waals surface area contributed by atoms with Crippen LogP contribution in [-0.2, 0) is 11.8 Å². The maximum atomic E-state index is 13.4. The SMILES string of the molecule is CNCC(C)(C=[NH2+])c1cc2c(cc1C(F)F)NCCC2. The van der Waals surface area contributed by atoms with Gasteiger partial charge >= 0.3 is 0 Å². The van der Waals surface area contributed by atoms with Crippen molar-refractivity contribution in [3.8, 4) is 0 Å². The van der Waals surface area contributed by atoms with E-state index in [1.165, 1.54) is 6.21 Å². The number of nitrogens with two attached hydrogens (primary N) is 1. The van der Waals surface area contributed by atoms with Gasteiger partial charge < -0.3 is 10.6 Å². The van der Waals surface area contributed by atoms with Crippen LogP contribution in [0.1, 0.15) is 36.5 Å². The van der Waals surface area contributed by atoms with Crippen LogP contribution in [0.3, 0.4) is 0 Å². The molecule has 0 aliphatic carbocycles. The number of likely N-dealkylation sites (N-methyl/N-ethyl adjacent to an activating group) is 1. The number of hydrogen-bond acceptors (Lipinski definition) is 2. The zero-order valence-electron chi connectivity index (χ0n) is 12.0. The van der Waals surface area contributed by atoms with E-state index in [1.807, 2.05) is 13.0 Å². The van der Waals surface area contributed by atoms with Crippen molar-refractivity contribution >= 4 is 11.9 Å². The van der Waals surface area contributed by atoms with E-state index in [-0.39, 0.29) is 5.56 Å². The summed E-state index contributed by atoms with van der Waals surface area (Å²) in [6.07, 6.45) is 0.942. The highest BCUT2D eigenvalue weighted by Crippen LogP contribution is 2.36. The molecule has 0 radical (unpaired) electrons. The third kappa shape index (κ3) is 2.68. The molecule has 0 amide bonds. The normalized spacial score (nSPS) is 17.2. The minimum atomic E-state index is -2.50. The van der Waals surface area contributed by atoms with Crippen LogP contribution >= 0.6 is 0 Å². The molecular weight excluding hydrogens is 260 g/mol. The molecular formula is C15H22F2N3+. The number of hydrogen-bond donors (Lipinski definition) is 3. The molecule has 4 N–H and O–H groups in total. The average Bonchev–Trinajstić information content (AvgIpc) is 2.46. The first kappa shape index (κ1) is 14.9. The largest absolute Gasteiger partial charge is 0.385 e. The van der Waals surface area contributed by atoms with Crippen molar-refractivity contribution < 1.29 is 14.2 Å². The lowest BCUT2D eigenvalue weighted by Gasteiger charge is -2.28. The van der Waals surface area contributed by atoms with Gasteiger partial charge in [-0.05, 0) is 44.0 Å². The topological polar surface area (TPSA) is 49.6 Å². The maximum absolute atomic E-state index is 13.4. The van der Waals surface area contributed by atoms with Gasteiger partial charge in [0.2, 0.25) is 0 Å². The van der Waals surface area contributed by atoms with Crippen LogP contribution in [0.5, 0.6) is 0 Å². The van der Waals surface area contributed by atoms with Gasteiger partial charge in [0.15, 0.2) is 0 Å². The highest BCUT2D eigenvalue weighted by atomic mass is 19.3. The second kappa shape index (κ2) is 5.87. The van der Waals surface area contributed by atoms with Crippen LogP contribution < -0.4 is 16.0 Å². The smallest absolute Gasteiger partial charge is 0.264 e. The Morgan fingerprint density at radius 1 is 1.50 bits per heavy atom. The van der Waals surface area contributed by atoms with Crippen molar-refractivity contribution in [2.45, 2.75) is 31.6 Å². The van der Waals surface area contributed by atoms with Crippen molar-refractivity contribution in [2.24, 2.45) is 0 Å². The molecule has 1 aromatic rings. The zero-order valence-corrected chi connectivity index (χ0v) is 12.0. The first-order valence-corrected chi connectivity index (χ1v) is 6.92. The summed E-state index contributed by atoms with van der Waals surface area (Å²) in [6.45, 7) is 3.24. The van der Waals surface area contributed by atoms with Gasteiger partial charge in [0.1, 0.15) is 6.21 Å². The Hall–Kier alpha value is -1.49. The second-order valence-corrected chi connectivity index (χ2v) is 5.54. The predicted octanol–water partition coefficient (Wildman–Crippen LogP) is 1.29. The van der Waals surface area contributed by atoms with Gasteiger partial charge in [0.25, 0.3) is 6.43 Å². The molecule has 3 nitrogen and oxygen atoms in total. The van der Waals surface area contributed by atoms with Crippen LogP contribution in [0.25, 0.3) is 0 Å². The fourth-order valence-corrected chi connectivity index (χ4v) is 2.82. The Bertz CT molecular complexity index is 502. The van der Waals surface area contributed by atoms with Crippen molar-refractivity contribution in [2.75, 3.05) is 25.5 Å². The standard InChI is InChI=1S/C15H21F2N3/c1-15(8-18,9-19-2)12-6-10-4-3-5-20-13(10)7-11(12)14(16)17/h6-8,14,18-20H,3-5,9H2,1-2H3/p+1. The van der Waals surface area contributed by atoms with E-state index in [9.17, 15) is 8.78 Å². The number of anilines is 1. The average molecular weight is 282 g/mol. The molecule has 1 aliphatic rings. The molecule has 1 aliphatic heterocycles. The lowest BCUT2D eigenvalue weighted by molar-refractivity contribution is -0.112. The molecule has 0 bridgehead atoms. The van der Waals surface area contributed by atoms with Crippen molar-refractivity contribution in [3.63, 3.8) is 0 Å². The van der Waals surface area contributed by atoms with Crippen LogP contribution in [0.2, 0.25) is 0 Å². The van der Waals surface area contributed by atoms with E-state index in [4.69, 9.17) is 5.41 Å². The fourth-order valence-electron chi connectivity index (χ4n) is 2.82. The van der Waals surface area contributed by atoms with Gasteiger partial charge in [0.05, 0.1) is 5.41 Å². The number of benzene rings is 1. The van der Waals surface area contributed by atoms with Crippen LogP contribution in [0.4, 0.5) is 14.5 Å². The summed E-state index contributed by atoms with van der Waals surface area (Å²) in [7, 11) is 1.80. The van der Waals surface area contributed by atoms with Gasteiger partial charge in [-0.3, -0.25) is 5.41 Å². The third-order valence-corrected chi connectivity index (χ3v) is 3.98. The molecule has 1 aromatic carbocycles. The van der Waals surface area contributed by atoms with E-state index in [0.717, 1.165) is 30.6 Å². The molecule has 0 fully saturated rings. The van der Waals surface area contributed by atoms with E-state index in [1.54, 1.807) is 13.1 Å². The lowest BCUT2D eigenvalue weighted by Crippen LogP contribution is -2.47. The Morgan fingerprint density at radius 2 is 2.25 bits per heavy atom. The van der Waals surface area contributed by atoms with E-state index < -0.39 is 11.8 Å². The van der Waals surface area contributed by atoms with Gasteiger partial charge in [0, 0.05) is 24.3 Å². The second-order valence-electron chi connectivity index (χ2n) is 5.54. The van der Waals surface area contributed by atoms with Crippen LogP contribution in [-0.4, -0.2) is 26.4 Å². The molecule has 1 unspecified atom stereocenters. The number of fused-ring (bicyclic) bond motifs is 1. The molecule has 2 rings (SSSR count). The summed E-state index contributed by atoms with van der Waals surface area (Å²) in [4.78, 5) is 0. The van der Waals surface area contributed by atoms with Gasteiger partial charge in [-0.25, -0.2) is 8.78 Å². The summed E-state index contributed by atoms with van der Waals surface area (Å²) < 4.78 is 26.8. The molecule has 5 heteroatoms. The first-order chi connectivity index (χ1) is 9.51. The van der Waals surface area contributed by atoms with Gasteiger partial charge in [-0.15, -0.1) is 0 Å². The van der Waals surface area contributed by atoms with Crippen LogP contribution in [0, 0.1) is 0 Å². The lowest BCUT2D eigenvalue weighted by atomic mass is 9.79. The maximum Gasteiger partial charge on any atom is 0.264 e. The highest BCUT2D eigenvalue weighted by molar-refractivity contribution is 5.72. The van der Waals surface area contributed by atoms with Gasteiger partial charge in [-0.2, -0.15) is 0 Å². The molecule has 1 atom stereocenters. The minimum absolute atomic E-state index is 0.0672. The molecule has 0 saturated carbocycles. The van der Waals surface area contributed by atoms with Crippen molar-refractivity contribution in [1.29, 1.82) is 0 Å². The molecule has 20 heavy (non-hydrogen) atoms. The fraction of sp³-hybridized carbons (Fsp3) is 0.533. The predicted molar refractivity (Wildman–Crippen MR) is 77.5 cm³/mol. The van der Waals surface area contributed by atoms with E-state index >= 15 is 0 Å². The molecule has 0 aromatic heterocycles. The Labute approximate surface area is 118 Å². The van der Waals surface area contributed by atoms with Gasteiger partial charge in [-0.1, -0.05) is 6.07 Å². The Balaban J connectivity index is 2.57.